The minimum absolute atomic E-state index is 0.0919. The second kappa shape index (κ2) is 6.19. The Balaban J connectivity index is 2.34. The molecule has 0 amide bonds. The van der Waals surface area contributed by atoms with E-state index in [0.717, 1.165) is 16.8 Å². The Labute approximate surface area is 118 Å². The van der Waals surface area contributed by atoms with Crippen LogP contribution in [0.3, 0.4) is 0 Å². The highest BCUT2D eigenvalue weighted by atomic mass is 16.6. The standard InChI is InChI=1S/C16H18N2O2/c1-17(2)15-10-8-14(9-11-15)16(12-18(19)20)13-6-4-3-5-7-13/h3-11,16H,12H2,1-2H3/t16-/m1/s1. The van der Waals surface area contributed by atoms with Crippen molar-refractivity contribution in [1.82, 2.24) is 0 Å². The summed E-state index contributed by atoms with van der Waals surface area (Å²) in [5.41, 5.74) is 3.03. The van der Waals surface area contributed by atoms with E-state index in [0.29, 0.717) is 0 Å². The molecule has 0 aliphatic carbocycles. The van der Waals surface area contributed by atoms with Gasteiger partial charge in [-0.15, -0.1) is 0 Å². The molecule has 0 radical (unpaired) electrons. The number of nitrogens with zero attached hydrogens (tertiary/aromatic N) is 2. The molecule has 104 valence electrons. The zero-order valence-electron chi connectivity index (χ0n) is 11.7. The molecule has 4 nitrogen and oxygen atoms in total. The fourth-order valence-electron chi connectivity index (χ4n) is 2.24. The minimum atomic E-state index is -0.252. The molecular formula is C16H18N2O2. The summed E-state index contributed by atoms with van der Waals surface area (Å²) in [5, 5.41) is 10.9. The Bertz CT molecular complexity index is 565. The number of anilines is 1. The number of nitro groups is 1. The van der Waals surface area contributed by atoms with Crippen LogP contribution in [0.15, 0.2) is 54.6 Å². The van der Waals surface area contributed by atoms with Gasteiger partial charge in [0.05, 0.1) is 5.92 Å². The van der Waals surface area contributed by atoms with Crippen LogP contribution < -0.4 is 4.90 Å². The average Bonchev–Trinajstić information content (AvgIpc) is 2.45. The lowest BCUT2D eigenvalue weighted by atomic mass is 9.91. The third-order valence-corrected chi connectivity index (χ3v) is 3.35. The van der Waals surface area contributed by atoms with E-state index < -0.39 is 0 Å². The Morgan fingerprint density at radius 2 is 1.55 bits per heavy atom. The van der Waals surface area contributed by atoms with Crippen LogP contribution in [0, 0.1) is 10.1 Å². The smallest absolute Gasteiger partial charge is 0.214 e. The predicted octanol–water partition coefficient (Wildman–Crippen LogP) is 3.16. The van der Waals surface area contributed by atoms with Gasteiger partial charge in [0.2, 0.25) is 6.54 Å². The number of benzene rings is 2. The second-order valence-corrected chi connectivity index (χ2v) is 4.96. The Kier molecular flexibility index (Phi) is 4.35. The summed E-state index contributed by atoms with van der Waals surface area (Å²) in [6.45, 7) is -0.0919. The Morgan fingerprint density at radius 1 is 1.00 bits per heavy atom. The highest BCUT2D eigenvalue weighted by Crippen LogP contribution is 2.26. The maximum absolute atomic E-state index is 10.9. The molecule has 0 saturated heterocycles. The van der Waals surface area contributed by atoms with E-state index in [9.17, 15) is 10.1 Å². The van der Waals surface area contributed by atoms with Crippen LogP contribution in [0.1, 0.15) is 17.0 Å². The summed E-state index contributed by atoms with van der Waals surface area (Å²) in [6.07, 6.45) is 0. The highest BCUT2D eigenvalue weighted by Gasteiger charge is 2.19. The van der Waals surface area contributed by atoms with Crippen LogP contribution in [0.2, 0.25) is 0 Å². The van der Waals surface area contributed by atoms with Crippen molar-refractivity contribution in [3.05, 3.63) is 75.8 Å². The van der Waals surface area contributed by atoms with Gasteiger partial charge in [-0.25, -0.2) is 0 Å². The summed E-state index contributed by atoms with van der Waals surface area (Å²) in [6, 6.07) is 17.5. The molecule has 2 aromatic rings. The number of hydrogen-bond donors (Lipinski definition) is 0. The van der Waals surface area contributed by atoms with E-state index in [1.165, 1.54) is 0 Å². The molecule has 2 aromatic carbocycles. The van der Waals surface area contributed by atoms with E-state index in [1.807, 2.05) is 73.6 Å². The van der Waals surface area contributed by atoms with E-state index in [2.05, 4.69) is 0 Å². The minimum Gasteiger partial charge on any atom is -0.378 e. The van der Waals surface area contributed by atoms with Crippen LogP contribution in [-0.2, 0) is 0 Å². The predicted molar refractivity (Wildman–Crippen MR) is 80.9 cm³/mol. The lowest BCUT2D eigenvalue weighted by Gasteiger charge is -2.16. The molecule has 0 fully saturated rings. The second-order valence-electron chi connectivity index (χ2n) is 4.96. The molecule has 4 heteroatoms. The zero-order chi connectivity index (χ0) is 14.5. The topological polar surface area (TPSA) is 46.4 Å². The van der Waals surface area contributed by atoms with Crippen LogP contribution in [0.5, 0.6) is 0 Å². The van der Waals surface area contributed by atoms with Gasteiger partial charge in [-0.3, -0.25) is 10.1 Å². The maximum atomic E-state index is 10.9. The zero-order valence-corrected chi connectivity index (χ0v) is 11.7. The van der Waals surface area contributed by atoms with Gasteiger partial charge in [-0.1, -0.05) is 42.5 Å². The van der Waals surface area contributed by atoms with Crippen molar-refractivity contribution in [2.75, 3.05) is 25.5 Å². The van der Waals surface area contributed by atoms with E-state index in [1.54, 1.807) is 0 Å². The summed E-state index contributed by atoms with van der Waals surface area (Å²) >= 11 is 0. The van der Waals surface area contributed by atoms with Crippen LogP contribution >= 0.6 is 0 Å². The van der Waals surface area contributed by atoms with Gasteiger partial charge in [-0.2, -0.15) is 0 Å². The molecule has 20 heavy (non-hydrogen) atoms. The Morgan fingerprint density at radius 3 is 2.05 bits per heavy atom. The molecular weight excluding hydrogens is 252 g/mol. The van der Waals surface area contributed by atoms with Crippen molar-refractivity contribution in [3.8, 4) is 0 Å². The van der Waals surface area contributed by atoms with Crippen molar-refractivity contribution < 1.29 is 4.92 Å². The maximum Gasteiger partial charge on any atom is 0.214 e. The number of hydrogen-bond acceptors (Lipinski definition) is 3. The van der Waals surface area contributed by atoms with Gasteiger partial charge in [0.15, 0.2) is 0 Å². The highest BCUT2D eigenvalue weighted by molar-refractivity contribution is 5.47. The monoisotopic (exact) mass is 270 g/mol. The molecule has 0 heterocycles. The summed E-state index contributed by atoms with van der Waals surface area (Å²) < 4.78 is 0. The molecule has 2 rings (SSSR count). The van der Waals surface area contributed by atoms with Gasteiger partial charge < -0.3 is 4.90 Å². The first kappa shape index (κ1) is 14.1. The summed E-state index contributed by atoms with van der Waals surface area (Å²) in [7, 11) is 3.95. The summed E-state index contributed by atoms with van der Waals surface area (Å²) in [5.74, 6) is -0.206. The molecule has 0 aliphatic heterocycles. The first-order valence-electron chi connectivity index (χ1n) is 6.52. The van der Waals surface area contributed by atoms with Crippen molar-refractivity contribution in [2.45, 2.75) is 5.92 Å². The van der Waals surface area contributed by atoms with E-state index in [4.69, 9.17) is 0 Å². The number of rotatable bonds is 5. The van der Waals surface area contributed by atoms with E-state index in [-0.39, 0.29) is 17.4 Å². The molecule has 0 N–H and O–H groups in total. The van der Waals surface area contributed by atoms with Gasteiger partial charge in [0.25, 0.3) is 0 Å². The quantitative estimate of drug-likeness (QED) is 0.619. The molecule has 0 unspecified atom stereocenters. The lowest BCUT2D eigenvalue weighted by molar-refractivity contribution is -0.481. The van der Waals surface area contributed by atoms with Crippen LogP contribution in [0.25, 0.3) is 0 Å². The fourth-order valence-corrected chi connectivity index (χ4v) is 2.24. The first-order chi connectivity index (χ1) is 9.58. The Hall–Kier alpha value is -2.36. The molecule has 0 aliphatic rings. The molecule has 0 bridgehead atoms. The van der Waals surface area contributed by atoms with Crippen LogP contribution in [-0.4, -0.2) is 25.6 Å². The first-order valence-corrected chi connectivity index (χ1v) is 6.52. The van der Waals surface area contributed by atoms with E-state index >= 15 is 0 Å². The normalized spacial score (nSPS) is 11.9. The van der Waals surface area contributed by atoms with Crippen molar-refractivity contribution >= 4 is 5.69 Å². The van der Waals surface area contributed by atoms with Gasteiger partial charge in [0.1, 0.15) is 0 Å². The molecule has 0 aromatic heterocycles. The lowest BCUT2D eigenvalue weighted by Crippen LogP contribution is -2.14. The summed E-state index contributed by atoms with van der Waals surface area (Å²) in [4.78, 5) is 12.7. The van der Waals surface area contributed by atoms with Crippen molar-refractivity contribution in [2.24, 2.45) is 0 Å². The van der Waals surface area contributed by atoms with Crippen molar-refractivity contribution in [1.29, 1.82) is 0 Å². The van der Waals surface area contributed by atoms with Gasteiger partial charge >= 0.3 is 0 Å². The largest absolute Gasteiger partial charge is 0.378 e. The molecule has 0 saturated carbocycles. The SMILES string of the molecule is CN(C)c1ccc([C@H](C[N+](=O)[O-])c2ccccc2)cc1. The van der Waals surface area contributed by atoms with Crippen LogP contribution in [0.4, 0.5) is 5.69 Å². The third kappa shape index (κ3) is 3.35. The van der Waals surface area contributed by atoms with Gasteiger partial charge in [0, 0.05) is 24.7 Å². The molecule has 0 spiro atoms. The van der Waals surface area contributed by atoms with Crippen molar-refractivity contribution in [3.63, 3.8) is 0 Å². The third-order valence-electron chi connectivity index (χ3n) is 3.35. The average molecular weight is 270 g/mol. The fraction of sp³-hybridized carbons (Fsp3) is 0.250. The van der Waals surface area contributed by atoms with Gasteiger partial charge in [-0.05, 0) is 23.3 Å². The molecule has 1 atom stereocenters.